The standard InChI is InChI=1S/C16H23N5/c1-4-17-16-18-14-8-6-5-7-13(14)15(19-16)21-10-9-12(11-21)20(2)3/h5-8,12H,4,9-11H2,1-3H3,(H,17,18,19). The summed E-state index contributed by atoms with van der Waals surface area (Å²) in [5, 5.41) is 4.38. The Labute approximate surface area is 126 Å². The zero-order chi connectivity index (χ0) is 14.8. The second kappa shape index (κ2) is 5.85. The van der Waals surface area contributed by atoms with Crippen LogP contribution in [0.15, 0.2) is 24.3 Å². The summed E-state index contributed by atoms with van der Waals surface area (Å²) >= 11 is 0. The fraction of sp³-hybridized carbons (Fsp3) is 0.500. The van der Waals surface area contributed by atoms with Gasteiger partial charge in [0.05, 0.1) is 5.52 Å². The van der Waals surface area contributed by atoms with E-state index in [4.69, 9.17) is 4.98 Å². The number of fused-ring (bicyclic) bond motifs is 1. The van der Waals surface area contributed by atoms with E-state index in [1.54, 1.807) is 0 Å². The molecule has 0 aliphatic carbocycles. The van der Waals surface area contributed by atoms with Gasteiger partial charge in [-0.05, 0) is 39.6 Å². The second-order valence-electron chi connectivity index (χ2n) is 5.77. The summed E-state index contributed by atoms with van der Waals surface area (Å²) in [6.45, 7) is 4.98. The Morgan fingerprint density at radius 3 is 2.81 bits per heavy atom. The fourth-order valence-corrected chi connectivity index (χ4v) is 2.89. The molecule has 1 N–H and O–H groups in total. The first-order chi connectivity index (χ1) is 10.2. The van der Waals surface area contributed by atoms with Crippen LogP contribution in [0, 0.1) is 0 Å². The largest absolute Gasteiger partial charge is 0.354 e. The third-order valence-electron chi connectivity index (χ3n) is 4.11. The molecule has 0 saturated carbocycles. The van der Waals surface area contributed by atoms with Crippen LogP contribution in [-0.4, -0.2) is 54.6 Å². The van der Waals surface area contributed by atoms with Gasteiger partial charge in [-0.25, -0.2) is 4.98 Å². The van der Waals surface area contributed by atoms with Crippen molar-refractivity contribution in [1.82, 2.24) is 14.9 Å². The Hall–Kier alpha value is -1.88. The van der Waals surface area contributed by atoms with Crippen molar-refractivity contribution >= 4 is 22.7 Å². The molecule has 1 fully saturated rings. The third-order valence-corrected chi connectivity index (χ3v) is 4.11. The molecule has 3 rings (SSSR count). The molecule has 21 heavy (non-hydrogen) atoms. The molecule has 2 aromatic rings. The van der Waals surface area contributed by atoms with Gasteiger partial charge in [-0.2, -0.15) is 4.98 Å². The van der Waals surface area contributed by atoms with Gasteiger partial charge in [0.25, 0.3) is 0 Å². The molecule has 2 heterocycles. The lowest BCUT2D eigenvalue weighted by molar-refractivity contribution is 0.315. The molecular formula is C16H23N5. The number of hydrogen-bond donors (Lipinski definition) is 1. The lowest BCUT2D eigenvalue weighted by atomic mass is 10.2. The summed E-state index contributed by atoms with van der Waals surface area (Å²) in [5.74, 6) is 1.78. The maximum Gasteiger partial charge on any atom is 0.225 e. The highest BCUT2D eigenvalue weighted by atomic mass is 15.3. The molecule has 0 bridgehead atoms. The van der Waals surface area contributed by atoms with Crippen LogP contribution in [0.5, 0.6) is 0 Å². The summed E-state index contributed by atoms with van der Waals surface area (Å²) < 4.78 is 0. The number of likely N-dealkylation sites (N-methyl/N-ethyl adjacent to an activating group) is 1. The quantitative estimate of drug-likeness (QED) is 0.933. The third kappa shape index (κ3) is 2.78. The van der Waals surface area contributed by atoms with Crippen molar-refractivity contribution in [2.75, 3.05) is 43.9 Å². The number of nitrogens with one attached hydrogen (secondary N) is 1. The Morgan fingerprint density at radius 1 is 1.29 bits per heavy atom. The number of para-hydroxylation sites is 1. The number of rotatable bonds is 4. The molecule has 0 spiro atoms. The predicted molar refractivity (Wildman–Crippen MR) is 88.0 cm³/mol. The summed E-state index contributed by atoms with van der Waals surface area (Å²) in [6, 6.07) is 8.86. The molecule has 0 amide bonds. The molecule has 5 nitrogen and oxygen atoms in total. The van der Waals surface area contributed by atoms with Gasteiger partial charge >= 0.3 is 0 Å². The molecule has 1 aromatic heterocycles. The maximum absolute atomic E-state index is 4.75. The van der Waals surface area contributed by atoms with Gasteiger partial charge in [-0.15, -0.1) is 0 Å². The topological polar surface area (TPSA) is 44.3 Å². The van der Waals surface area contributed by atoms with Gasteiger partial charge < -0.3 is 15.1 Å². The molecule has 0 radical (unpaired) electrons. The average molecular weight is 285 g/mol. The van der Waals surface area contributed by atoms with Crippen molar-refractivity contribution in [1.29, 1.82) is 0 Å². The number of anilines is 2. The fourth-order valence-electron chi connectivity index (χ4n) is 2.89. The van der Waals surface area contributed by atoms with Crippen LogP contribution in [0.1, 0.15) is 13.3 Å². The van der Waals surface area contributed by atoms with E-state index in [9.17, 15) is 0 Å². The van der Waals surface area contributed by atoms with Crippen molar-refractivity contribution in [2.45, 2.75) is 19.4 Å². The number of aromatic nitrogens is 2. The van der Waals surface area contributed by atoms with Crippen LogP contribution in [0.3, 0.4) is 0 Å². The molecule has 112 valence electrons. The summed E-state index contributed by atoms with van der Waals surface area (Å²) in [6.07, 6.45) is 1.18. The zero-order valence-corrected chi connectivity index (χ0v) is 13.0. The molecule has 1 aromatic carbocycles. The normalized spacial score (nSPS) is 18.7. The highest BCUT2D eigenvalue weighted by molar-refractivity contribution is 5.90. The van der Waals surface area contributed by atoms with Gasteiger partial charge in [0.2, 0.25) is 5.95 Å². The van der Waals surface area contributed by atoms with E-state index in [0.29, 0.717) is 6.04 Å². The van der Waals surface area contributed by atoms with E-state index in [1.165, 1.54) is 6.42 Å². The molecule has 5 heteroatoms. The minimum atomic E-state index is 0.598. The highest BCUT2D eigenvalue weighted by Crippen LogP contribution is 2.28. The van der Waals surface area contributed by atoms with E-state index in [2.05, 4.69) is 59.3 Å². The smallest absolute Gasteiger partial charge is 0.225 e. The monoisotopic (exact) mass is 285 g/mol. The second-order valence-corrected chi connectivity index (χ2v) is 5.77. The average Bonchev–Trinajstić information content (AvgIpc) is 2.96. The Bertz CT molecular complexity index is 625. The van der Waals surface area contributed by atoms with Gasteiger partial charge in [0.15, 0.2) is 0 Å². The lowest BCUT2D eigenvalue weighted by Crippen LogP contribution is -2.31. The first-order valence-corrected chi connectivity index (χ1v) is 7.61. The maximum atomic E-state index is 4.75. The minimum absolute atomic E-state index is 0.598. The van der Waals surface area contributed by atoms with Gasteiger partial charge in [0.1, 0.15) is 5.82 Å². The van der Waals surface area contributed by atoms with Crippen LogP contribution in [0.25, 0.3) is 10.9 Å². The van der Waals surface area contributed by atoms with Crippen molar-refractivity contribution in [2.24, 2.45) is 0 Å². The Kier molecular flexibility index (Phi) is 3.92. The highest BCUT2D eigenvalue weighted by Gasteiger charge is 2.26. The van der Waals surface area contributed by atoms with E-state index in [0.717, 1.165) is 42.3 Å². The van der Waals surface area contributed by atoms with Crippen LogP contribution in [0.4, 0.5) is 11.8 Å². The van der Waals surface area contributed by atoms with Crippen molar-refractivity contribution < 1.29 is 0 Å². The molecule has 1 unspecified atom stereocenters. The van der Waals surface area contributed by atoms with Crippen LogP contribution in [-0.2, 0) is 0 Å². The van der Waals surface area contributed by atoms with Crippen LogP contribution in [0.2, 0.25) is 0 Å². The van der Waals surface area contributed by atoms with E-state index < -0.39 is 0 Å². The first-order valence-electron chi connectivity index (χ1n) is 7.61. The minimum Gasteiger partial charge on any atom is -0.354 e. The van der Waals surface area contributed by atoms with Gasteiger partial charge in [-0.3, -0.25) is 0 Å². The Balaban J connectivity index is 2.00. The summed E-state index contributed by atoms with van der Waals surface area (Å²) in [4.78, 5) is 14.0. The summed E-state index contributed by atoms with van der Waals surface area (Å²) in [7, 11) is 4.30. The summed E-state index contributed by atoms with van der Waals surface area (Å²) in [5.41, 5.74) is 1.01. The number of hydrogen-bond acceptors (Lipinski definition) is 5. The van der Waals surface area contributed by atoms with E-state index >= 15 is 0 Å². The SMILES string of the molecule is CCNc1nc(N2CCC(N(C)C)C2)c2ccccc2n1. The molecular weight excluding hydrogens is 262 g/mol. The van der Waals surface area contributed by atoms with E-state index in [1.807, 2.05) is 6.07 Å². The number of nitrogens with zero attached hydrogens (tertiary/aromatic N) is 4. The van der Waals surface area contributed by atoms with Gasteiger partial charge in [-0.1, -0.05) is 12.1 Å². The molecule has 1 saturated heterocycles. The van der Waals surface area contributed by atoms with E-state index in [-0.39, 0.29) is 0 Å². The lowest BCUT2D eigenvalue weighted by Gasteiger charge is -2.22. The molecule has 1 aliphatic heterocycles. The first kappa shape index (κ1) is 14.1. The zero-order valence-electron chi connectivity index (χ0n) is 13.0. The van der Waals surface area contributed by atoms with Crippen LogP contribution >= 0.6 is 0 Å². The predicted octanol–water partition coefficient (Wildman–Crippen LogP) is 2.20. The van der Waals surface area contributed by atoms with Crippen molar-refractivity contribution in [3.63, 3.8) is 0 Å². The Morgan fingerprint density at radius 2 is 2.10 bits per heavy atom. The van der Waals surface area contributed by atoms with Gasteiger partial charge in [0, 0.05) is 31.1 Å². The molecule has 1 aliphatic rings. The van der Waals surface area contributed by atoms with Crippen molar-refractivity contribution in [3.8, 4) is 0 Å². The number of benzene rings is 1. The van der Waals surface area contributed by atoms with Crippen molar-refractivity contribution in [3.05, 3.63) is 24.3 Å². The molecule has 1 atom stereocenters. The van der Waals surface area contributed by atoms with Crippen LogP contribution < -0.4 is 10.2 Å².